The van der Waals surface area contributed by atoms with E-state index in [1.165, 1.54) is 32.5 Å². The van der Waals surface area contributed by atoms with Crippen LogP contribution < -0.4 is 5.73 Å². The molecule has 3 heteroatoms. The molecule has 14 heavy (non-hydrogen) atoms. The summed E-state index contributed by atoms with van der Waals surface area (Å²) >= 11 is 0. The van der Waals surface area contributed by atoms with Gasteiger partial charge in [0.15, 0.2) is 0 Å². The van der Waals surface area contributed by atoms with Gasteiger partial charge in [0.2, 0.25) is 0 Å². The molecule has 2 fully saturated rings. The Labute approximate surface area is 86.6 Å². The van der Waals surface area contributed by atoms with Crippen LogP contribution in [-0.4, -0.2) is 43.3 Å². The zero-order valence-corrected chi connectivity index (χ0v) is 9.00. The Morgan fingerprint density at radius 1 is 1.21 bits per heavy atom. The van der Waals surface area contributed by atoms with Crippen LogP contribution in [0.15, 0.2) is 0 Å². The minimum Gasteiger partial charge on any atom is -0.380 e. The van der Waals surface area contributed by atoms with Crippen molar-refractivity contribution in [3.63, 3.8) is 0 Å². The number of ether oxygens (including phenoxy) is 1. The van der Waals surface area contributed by atoms with Crippen LogP contribution in [0.25, 0.3) is 0 Å². The maximum absolute atomic E-state index is 6.29. The minimum atomic E-state index is -0.0269. The van der Waals surface area contributed by atoms with Crippen molar-refractivity contribution >= 4 is 0 Å². The molecule has 82 valence electrons. The van der Waals surface area contributed by atoms with Gasteiger partial charge in [-0.2, -0.15) is 0 Å². The predicted molar refractivity (Wildman–Crippen MR) is 57.3 cm³/mol. The first-order valence-corrected chi connectivity index (χ1v) is 5.88. The van der Waals surface area contributed by atoms with Crippen LogP contribution in [0.1, 0.15) is 32.1 Å². The summed E-state index contributed by atoms with van der Waals surface area (Å²) in [7, 11) is 0. The Morgan fingerprint density at radius 3 is 2.64 bits per heavy atom. The largest absolute Gasteiger partial charge is 0.380 e. The van der Waals surface area contributed by atoms with E-state index in [9.17, 15) is 0 Å². The van der Waals surface area contributed by atoms with Crippen molar-refractivity contribution < 1.29 is 4.74 Å². The molecule has 1 unspecified atom stereocenters. The van der Waals surface area contributed by atoms with Gasteiger partial charge in [0.05, 0.1) is 6.61 Å². The van der Waals surface area contributed by atoms with E-state index in [1.807, 2.05) is 0 Å². The maximum atomic E-state index is 6.29. The molecule has 0 radical (unpaired) electrons. The lowest BCUT2D eigenvalue weighted by molar-refractivity contribution is 0.0309. The molecule has 3 nitrogen and oxygen atoms in total. The molecule has 0 spiro atoms. The van der Waals surface area contributed by atoms with Crippen LogP contribution in [0.5, 0.6) is 0 Å². The summed E-state index contributed by atoms with van der Waals surface area (Å²) < 4.78 is 5.46. The van der Waals surface area contributed by atoms with E-state index in [-0.39, 0.29) is 5.54 Å². The van der Waals surface area contributed by atoms with E-state index in [1.54, 1.807) is 0 Å². The minimum absolute atomic E-state index is 0.0269. The maximum Gasteiger partial charge on any atom is 0.0646 e. The normalized spacial score (nSPS) is 34.9. The van der Waals surface area contributed by atoms with Crippen LogP contribution in [0.4, 0.5) is 0 Å². The highest BCUT2D eigenvalue weighted by Gasteiger charge is 2.28. The number of hydrogen-bond acceptors (Lipinski definition) is 3. The third-order valence-corrected chi connectivity index (χ3v) is 3.48. The highest BCUT2D eigenvalue weighted by atomic mass is 16.5. The molecule has 2 saturated heterocycles. The fourth-order valence-corrected chi connectivity index (χ4v) is 2.46. The third kappa shape index (κ3) is 2.69. The van der Waals surface area contributed by atoms with E-state index >= 15 is 0 Å². The van der Waals surface area contributed by atoms with Crippen molar-refractivity contribution in [3.8, 4) is 0 Å². The monoisotopic (exact) mass is 198 g/mol. The first-order valence-electron chi connectivity index (χ1n) is 5.88. The third-order valence-electron chi connectivity index (χ3n) is 3.48. The van der Waals surface area contributed by atoms with Gasteiger partial charge < -0.3 is 15.4 Å². The Kier molecular flexibility index (Phi) is 3.42. The Balaban J connectivity index is 1.72. The van der Waals surface area contributed by atoms with Crippen LogP contribution in [-0.2, 0) is 4.74 Å². The number of hydrogen-bond donors (Lipinski definition) is 1. The highest BCUT2D eigenvalue weighted by Crippen LogP contribution is 2.21. The van der Waals surface area contributed by atoms with Crippen LogP contribution in [0, 0.1) is 0 Å². The van der Waals surface area contributed by atoms with Gasteiger partial charge in [-0.1, -0.05) is 0 Å². The summed E-state index contributed by atoms with van der Waals surface area (Å²) in [6.45, 7) is 5.39. The topological polar surface area (TPSA) is 38.5 Å². The van der Waals surface area contributed by atoms with Gasteiger partial charge in [-0.15, -0.1) is 0 Å². The molecule has 2 aliphatic rings. The van der Waals surface area contributed by atoms with Gasteiger partial charge in [0.25, 0.3) is 0 Å². The van der Waals surface area contributed by atoms with Crippen molar-refractivity contribution in [1.82, 2.24) is 4.90 Å². The summed E-state index contributed by atoms with van der Waals surface area (Å²) in [5.74, 6) is 0. The second-order valence-corrected chi connectivity index (χ2v) is 4.82. The molecule has 0 bridgehead atoms. The molecular weight excluding hydrogens is 176 g/mol. The van der Waals surface area contributed by atoms with E-state index in [0.29, 0.717) is 0 Å². The molecule has 1 atom stereocenters. The smallest absolute Gasteiger partial charge is 0.0646 e. The lowest BCUT2D eigenvalue weighted by Gasteiger charge is -2.34. The van der Waals surface area contributed by atoms with Gasteiger partial charge in [0.1, 0.15) is 0 Å². The molecule has 0 aromatic carbocycles. The Bertz CT molecular complexity index is 172. The molecule has 0 saturated carbocycles. The van der Waals surface area contributed by atoms with Crippen LogP contribution in [0.2, 0.25) is 0 Å². The average Bonchev–Trinajstić information content (AvgIpc) is 2.69. The molecule has 0 aromatic heterocycles. The van der Waals surface area contributed by atoms with Gasteiger partial charge in [-0.05, 0) is 51.7 Å². The Hall–Kier alpha value is -0.120. The first kappa shape index (κ1) is 10.4. The van der Waals surface area contributed by atoms with E-state index < -0.39 is 0 Å². The zero-order valence-electron chi connectivity index (χ0n) is 9.00. The van der Waals surface area contributed by atoms with Crippen LogP contribution in [0.3, 0.4) is 0 Å². The average molecular weight is 198 g/mol. The Morgan fingerprint density at radius 2 is 2.00 bits per heavy atom. The number of nitrogens with zero attached hydrogens (tertiary/aromatic N) is 1. The highest BCUT2D eigenvalue weighted by molar-refractivity contribution is 4.87. The quantitative estimate of drug-likeness (QED) is 0.734. The molecule has 2 N–H and O–H groups in total. The zero-order chi connectivity index (χ0) is 9.86. The van der Waals surface area contributed by atoms with E-state index in [0.717, 1.165) is 32.5 Å². The van der Waals surface area contributed by atoms with E-state index in [2.05, 4.69) is 4.90 Å². The molecule has 0 amide bonds. The van der Waals surface area contributed by atoms with Crippen molar-refractivity contribution in [1.29, 1.82) is 0 Å². The first-order chi connectivity index (χ1) is 6.79. The van der Waals surface area contributed by atoms with Crippen LogP contribution >= 0.6 is 0 Å². The summed E-state index contributed by atoms with van der Waals surface area (Å²) in [5.41, 5.74) is 6.26. The molecule has 0 aliphatic carbocycles. The van der Waals surface area contributed by atoms with Crippen molar-refractivity contribution in [3.05, 3.63) is 0 Å². The second kappa shape index (κ2) is 4.60. The van der Waals surface area contributed by atoms with Crippen molar-refractivity contribution in [2.75, 3.05) is 32.8 Å². The summed E-state index contributed by atoms with van der Waals surface area (Å²) in [5, 5.41) is 0. The summed E-state index contributed by atoms with van der Waals surface area (Å²) in [6.07, 6.45) is 6.12. The standard InChI is InChI=1S/C11H22N2O/c12-11(4-3-9-14-10-11)5-8-13-6-1-2-7-13/h1-10,12H2. The molecule has 2 heterocycles. The number of likely N-dealkylation sites (tertiary alicyclic amines) is 1. The lowest BCUT2D eigenvalue weighted by atomic mass is 9.90. The summed E-state index contributed by atoms with van der Waals surface area (Å²) in [4.78, 5) is 2.53. The molecule has 2 rings (SSSR count). The SMILES string of the molecule is NC1(CCN2CCCC2)CCCOC1. The van der Waals surface area contributed by atoms with Gasteiger partial charge >= 0.3 is 0 Å². The fourth-order valence-electron chi connectivity index (χ4n) is 2.46. The van der Waals surface area contributed by atoms with Gasteiger partial charge in [-0.25, -0.2) is 0 Å². The number of rotatable bonds is 3. The molecule has 2 aliphatic heterocycles. The van der Waals surface area contributed by atoms with Crippen molar-refractivity contribution in [2.24, 2.45) is 5.73 Å². The van der Waals surface area contributed by atoms with Gasteiger partial charge in [-0.3, -0.25) is 0 Å². The molecule has 0 aromatic rings. The fraction of sp³-hybridized carbons (Fsp3) is 1.00. The van der Waals surface area contributed by atoms with Crippen molar-refractivity contribution in [2.45, 2.75) is 37.6 Å². The molecular formula is C11H22N2O. The van der Waals surface area contributed by atoms with E-state index in [4.69, 9.17) is 10.5 Å². The lowest BCUT2D eigenvalue weighted by Crippen LogP contribution is -2.49. The number of nitrogens with two attached hydrogens (primary N) is 1. The second-order valence-electron chi connectivity index (χ2n) is 4.82. The predicted octanol–water partition coefficient (Wildman–Crippen LogP) is 0.980. The van der Waals surface area contributed by atoms with Gasteiger partial charge in [0, 0.05) is 12.1 Å². The summed E-state index contributed by atoms with van der Waals surface area (Å²) in [6, 6.07) is 0.